The molecule has 13 rings (SSSR count). The van der Waals surface area contributed by atoms with Crippen molar-refractivity contribution in [1.82, 2.24) is 24.1 Å². The molecule has 1 aliphatic carbocycles. The van der Waals surface area contributed by atoms with E-state index in [4.69, 9.17) is 15.0 Å². The first-order valence-corrected chi connectivity index (χ1v) is 21.6. The summed E-state index contributed by atoms with van der Waals surface area (Å²) in [5, 5.41) is 7.25. The molecule has 0 saturated heterocycles. The predicted molar refractivity (Wildman–Crippen MR) is 260 cm³/mol. The van der Waals surface area contributed by atoms with Crippen molar-refractivity contribution < 1.29 is 0 Å². The van der Waals surface area contributed by atoms with Gasteiger partial charge in [0.25, 0.3) is 0 Å². The van der Waals surface area contributed by atoms with Crippen molar-refractivity contribution >= 4 is 54.4 Å². The molecule has 0 radical (unpaired) electrons. The molecule has 0 aliphatic heterocycles. The Kier molecular flexibility index (Phi) is 7.58. The maximum absolute atomic E-state index is 5.26. The molecule has 0 amide bonds. The second-order valence-corrected chi connectivity index (χ2v) is 17.3. The highest BCUT2D eigenvalue weighted by Crippen LogP contribution is 2.51. The van der Waals surface area contributed by atoms with Crippen LogP contribution in [-0.4, -0.2) is 24.1 Å². The number of hydrogen-bond donors (Lipinski definition) is 0. The zero-order chi connectivity index (χ0) is 41.8. The molecule has 0 atom stereocenters. The normalized spacial score (nSPS) is 13.0. The SMILES string of the molecule is CC1(C)c2ccccc2-c2cc3c(cc21)c1cc(-c2ccc4c(c2)c2ccccc2n4-c2ccc4ccccc4c2)ccc1n3-c1nc(-c2ccccc2)nc(-c2ccccc2)n1. The van der Waals surface area contributed by atoms with Crippen LogP contribution < -0.4 is 0 Å². The lowest BCUT2D eigenvalue weighted by molar-refractivity contribution is 0.661. The maximum Gasteiger partial charge on any atom is 0.238 e. The molecular formula is C58H39N5. The third-order valence-corrected chi connectivity index (χ3v) is 13.4. The number of fused-ring (bicyclic) bond motifs is 10. The topological polar surface area (TPSA) is 48.5 Å². The Morgan fingerprint density at radius 1 is 0.349 bits per heavy atom. The van der Waals surface area contributed by atoms with Crippen LogP contribution in [0.1, 0.15) is 25.0 Å². The van der Waals surface area contributed by atoms with Gasteiger partial charge in [-0.05, 0) is 98.8 Å². The van der Waals surface area contributed by atoms with Gasteiger partial charge in [0.2, 0.25) is 5.95 Å². The minimum Gasteiger partial charge on any atom is -0.309 e. The molecule has 0 spiro atoms. The Balaban J connectivity index is 1.05. The smallest absolute Gasteiger partial charge is 0.238 e. The molecule has 296 valence electrons. The molecule has 5 heteroatoms. The highest BCUT2D eigenvalue weighted by molar-refractivity contribution is 6.14. The molecule has 0 fully saturated rings. The summed E-state index contributed by atoms with van der Waals surface area (Å²) in [5.74, 6) is 1.86. The minimum atomic E-state index is -0.162. The Morgan fingerprint density at radius 3 is 1.65 bits per heavy atom. The lowest BCUT2D eigenvalue weighted by Gasteiger charge is -2.21. The zero-order valence-electron chi connectivity index (χ0n) is 34.8. The number of benzene rings is 9. The summed E-state index contributed by atoms with van der Waals surface area (Å²) in [7, 11) is 0. The Hall–Kier alpha value is -8.15. The van der Waals surface area contributed by atoms with Crippen molar-refractivity contribution in [3.63, 3.8) is 0 Å². The van der Waals surface area contributed by atoms with E-state index in [1.807, 2.05) is 36.4 Å². The van der Waals surface area contributed by atoms with Gasteiger partial charge in [0, 0.05) is 43.8 Å². The van der Waals surface area contributed by atoms with Gasteiger partial charge < -0.3 is 4.57 Å². The minimum absolute atomic E-state index is 0.162. The lowest BCUT2D eigenvalue weighted by Crippen LogP contribution is -2.14. The van der Waals surface area contributed by atoms with Gasteiger partial charge in [0.05, 0.1) is 22.1 Å². The van der Waals surface area contributed by atoms with Crippen LogP contribution in [0.25, 0.3) is 111 Å². The van der Waals surface area contributed by atoms with Crippen LogP contribution in [0.2, 0.25) is 0 Å². The second kappa shape index (κ2) is 13.4. The summed E-state index contributed by atoms with van der Waals surface area (Å²) in [6.45, 7) is 4.70. The molecule has 0 N–H and O–H groups in total. The van der Waals surface area contributed by atoms with Crippen LogP contribution in [0, 0.1) is 0 Å². The summed E-state index contributed by atoms with van der Waals surface area (Å²) in [6, 6.07) is 72.0. The van der Waals surface area contributed by atoms with Gasteiger partial charge in [-0.25, -0.2) is 4.98 Å². The average molecular weight is 806 g/mol. The molecule has 3 aromatic heterocycles. The highest BCUT2D eigenvalue weighted by Gasteiger charge is 2.36. The first kappa shape index (κ1) is 35.6. The molecule has 12 aromatic rings. The standard InChI is InChI=1S/C58H39N5/c1-58(2)49-23-13-11-21-43(49)45-35-54-48(34-50(45)58)47-33-41(27-30-53(47)63(54)57-60-55(37-16-5-3-6-17-37)59-56(61-57)38-18-7-4-8-19-38)40-26-29-52-46(32-40)44-22-12-14-24-51(44)62(52)42-28-25-36-15-9-10-20-39(36)31-42/h3-35H,1-2H3. The van der Waals surface area contributed by atoms with Crippen molar-refractivity contribution in [3.8, 4) is 56.7 Å². The molecule has 63 heavy (non-hydrogen) atoms. The summed E-state index contributed by atoms with van der Waals surface area (Å²) >= 11 is 0. The first-order chi connectivity index (χ1) is 31.0. The van der Waals surface area contributed by atoms with Gasteiger partial charge in [0.15, 0.2) is 11.6 Å². The Bertz CT molecular complexity index is 3760. The maximum atomic E-state index is 5.26. The van der Waals surface area contributed by atoms with Gasteiger partial charge in [-0.15, -0.1) is 0 Å². The lowest BCUT2D eigenvalue weighted by atomic mass is 9.82. The second-order valence-electron chi connectivity index (χ2n) is 17.3. The van der Waals surface area contributed by atoms with Gasteiger partial charge in [-0.1, -0.05) is 159 Å². The van der Waals surface area contributed by atoms with E-state index in [2.05, 4.69) is 187 Å². The summed E-state index contributed by atoms with van der Waals surface area (Å²) in [4.78, 5) is 15.6. The van der Waals surface area contributed by atoms with E-state index in [0.29, 0.717) is 17.6 Å². The predicted octanol–water partition coefficient (Wildman–Crippen LogP) is 14.5. The van der Waals surface area contributed by atoms with E-state index in [1.165, 1.54) is 65.8 Å². The molecule has 3 heterocycles. The van der Waals surface area contributed by atoms with Crippen molar-refractivity contribution in [2.45, 2.75) is 19.3 Å². The van der Waals surface area contributed by atoms with Gasteiger partial charge in [-0.2, -0.15) is 9.97 Å². The van der Waals surface area contributed by atoms with Crippen LogP contribution in [0.5, 0.6) is 0 Å². The quantitative estimate of drug-likeness (QED) is 0.174. The fraction of sp³-hybridized carbons (Fsp3) is 0.0517. The monoisotopic (exact) mass is 805 g/mol. The van der Waals surface area contributed by atoms with Crippen LogP contribution >= 0.6 is 0 Å². The van der Waals surface area contributed by atoms with Crippen molar-refractivity contribution in [1.29, 1.82) is 0 Å². The molecule has 1 aliphatic rings. The van der Waals surface area contributed by atoms with E-state index < -0.39 is 0 Å². The number of hydrogen-bond acceptors (Lipinski definition) is 3. The van der Waals surface area contributed by atoms with Crippen molar-refractivity contribution in [2.75, 3.05) is 0 Å². The van der Waals surface area contributed by atoms with Crippen LogP contribution in [-0.2, 0) is 5.41 Å². The van der Waals surface area contributed by atoms with Gasteiger partial charge >= 0.3 is 0 Å². The molecule has 0 unspecified atom stereocenters. The van der Waals surface area contributed by atoms with E-state index in [9.17, 15) is 0 Å². The van der Waals surface area contributed by atoms with E-state index in [0.717, 1.165) is 38.8 Å². The number of rotatable bonds is 5. The Morgan fingerprint density at radius 2 is 0.921 bits per heavy atom. The molecular weight excluding hydrogens is 767 g/mol. The van der Waals surface area contributed by atoms with E-state index in [-0.39, 0.29) is 5.41 Å². The number of aromatic nitrogens is 5. The zero-order valence-corrected chi connectivity index (χ0v) is 34.8. The van der Waals surface area contributed by atoms with Crippen LogP contribution in [0.15, 0.2) is 200 Å². The summed E-state index contributed by atoms with van der Waals surface area (Å²) in [6.07, 6.45) is 0. The van der Waals surface area contributed by atoms with Crippen molar-refractivity contribution in [3.05, 3.63) is 211 Å². The number of para-hydroxylation sites is 1. The van der Waals surface area contributed by atoms with E-state index in [1.54, 1.807) is 0 Å². The number of nitrogens with zero attached hydrogens (tertiary/aromatic N) is 5. The summed E-state index contributed by atoms with van der Waals surface area (Å²) in [5.41, 5.74) is 14.9. The molecule has 9 aromatic carbocycles. The largest absolute Gasteiger partial charge is 0.309 e. The van der Waals surface area contributed by atoms with Crippen LogP contribution in [0.3, 0.4) is 0 Å². The fourth-order valence-electron chi connectivity index (χ4n) is 10.3. The fourth-order valence-corrected chi connectivity index (χ4v) is 10.3. The molecule has 5 nitrogen and oxygen atoms in total. The molecule has 0 bridgehead atoms. The highest BCUT2D eigenvalue weighted by atomic mass is 15.2. The van der Waals surface area contributed by atoms with E-state index >= 15 is 0 Å². The molecule has 0 saturated carbocycles. The third-order valence-electron chi connectivity index (χ3n) is 13.4. The third kappa shape index (κ3) is 5.39. The van der Waals surface area contributed by atoms with Crippen molar-refractivity contribution in [2.24, 2.45) is 0 Å². The Labute approximate surface area is 364 Å². The first-order valence-electron chi connectivity index (χ1n) is 21.6. The van der Waals surface area contributed by atoms with Gasteiger partial charge in [-0.3, -0.25) is 4.57 Å². The van der Waals surface area contributed by atoms with Crippen LogP contribution in [0.4, 0.5) is 0 Å². The van der Waals surface area contributed by atoms with Gasteiger partial charge in [0.1, 0.15) is 0 Å². The average Bonchev–Trinajstić information content (AvgIpc) is 3.93. The summed E-state index contributed by atoms with van der Waals surface area (Å²) < 4.78 is 4.66.